The molecule has 0 radical (unpaired) electrons. The van der Waals surface area contributed by atoms with E-state index in [9.17, 15) is 0 Å². The van der Waals surface area contributed by atoms with Crippen molar-refractivity contribution in [3.63, 3.8) is 0 Å². The third-order valence-corrected chi connectivity index (χ3v) is 3.54. The number of hydrogen-bond donors (Lipinski definition) is 1. The fraction of sp³-hybridized carbons (Fsp3) is 0.235. The first-order valence-electron chi connectivity index (χ1n) is 7.21. The van der Waals surface area contributed by atoms with Gasteiger partial charge in [0.2, 0.25) is 0 Å². The second-order valence-electron chi connectivity index (χ2n) is 5.10. The molecule has 0 saturated heterocycles. The maximum Gasteiger partial charge on any atom is 0.162 e. The second kappa shape index (κ2) is 5.87. The minimum absolute atomic E-state index is 0.369. The highest BCUT2D eigenvalue weighted by Gasteiger charge is 2.10. The van der Waals surface area contributed by atoms with Crippen LogP contribution in [0.1, 0.15) is 20.3 Å². The normalized spacial score (nSPS) is 12.3. The SMILES string of the molecule is CCC(C)Nc1nc(-c2ccncc2)nc2ccccc12. The first-order valence-corrected chi connectivity index (χ1v) is 7.21. The summed E-state index contributed by atoms with van der Waals surface area (Å²) in [6.07, 6.45) is 4.56. The Bertz CT molecular complexity index is 740. The minimum Gasteiger partial charge on any atom is -0.367 e. The van der Waals surface area contributed by atoms with Gasteiger partial charge in [0.05, 0.1) is 5.52 Å². The maximum atomic E-state index is 4.71. The molecule has 0 saturated carbocycles. The molecule has 1 unspecified atom stereocenters. The van der Waals surface area contributed by atoms with E-state index in [1.165, 1.54) is 0 Å². The van der Waals surface area contributed by atoms with Gasteiger partial charge in [0.15, 0.2) is 5.82 Å². The summed E-state index contributed by atoms with van der Waals surface area (Å²) in [6, 6.07) is 12.3. The number of anilines is 1. The number of para-hydroxylation sites is 1. The van der Waals surface area contributed by atoms with Crippen molar-refractivity contribution < 1.29 is 0 Å². The number of benzene rings is 1. The molecule has 2 heterocycles. The van der Waals surface area contributed by atoms with Gasteiger partial charge < -0.3 is 5.32 Å². The van der Waals surface area contributed by atoms with Crippen LogP contribution in [-0.4, -0.2) is 21.0 Å². The van der Waals surface area contributed by atoms with Gasteiger partial charge in [0, 0.05) is 29.4 Å². The van der Waals surface area contributed by atoms with Crippen molar-refractivity contribution in [2.75, 3.05) is 5.32 Å². The Balaban J connectivity index is 2.15. The van der Waals surface area contributed by atoms with E-state index < -0.39 is 0 Å². The van der Waals surface area contributed by atoms with Crippen molar-refractivity contribution >= 4 is 16.7 Å². The number of fused-ring (bicyclic) bond motifs is 1. The Hall–Kier alpha value is -2.49. The smallest absolute Gasteiger partial charge is 0.162 e. The Morgan fingerprint density at radius 2 is 1.81 bits per heavy atom. The maximum absolute atomic E-state index is 4.71. The van der Waals surface area contributed by atoms with Crippen LogP contribution < -0.4 is 5.32 Å². The van der Waals surface area contributed by atoms with Crippen molar-refractivity contribution in [2.45, 2.75) is 26.3 Å². The van der Waals surface area contributed by atoms with Crippen LogP contribution in [0.25, 0.3) is 22.3 Å². The lowest BCUT2D eigenvalue weighted by atomic mass is 10.2. The molecule has 106 valence electrons. The van der Waals surface area contributed by atoms with Crippen LogP contribution in [0.5, 0.6) is 0 Å². The van der Waals surface area contributed by atoms with Gasteiger partial charge in [-0.25, -0.2) is 9.97 Å². The molecule has 4 nitrogen and oxygen atoms in total. The molecule has 0 fully saturated rings. The molecule has 1 atom stereocenters. The molecule has 0 aliphatic heterocycles. The summed E-state index contributed by atoms with van der Waals surface area (Å²) in [5.41, 5.74) is 1.92. The van der Waals surface area contributed by atoms with Gasteiger partial charge in [-0.1, -0.05) is 19.1 Å². The lowest BCUT2D eigenvalue weighted by molar-refractivity contribution is 0.760. The molecule has 21 heavy (non-hydrogen) atoms. The molecule has 4 heteroatoms. The monoisotopic (exact) mass is 278 g/mol. The second-order valence-corrected chi connectivity index (χ2v) is 5.10. The van der Waals surface area contributed by atoms with Crippen LogP contribution in [0.3, 0.4) is 0 Å². The van der Waals surface area contributed by atoms with Crippen molar-refractivity contribution in [1.29, 1.82) is 0 Å². The zero-order valence-corrected chi connectivity index (χ0v) is 12.2. The van der Waals surface area contributed by atoms with E-state index in [1.54, 1.807) is 12.4 Å². The molecule has 0 bridgehead atoms. The molecule has 0 spiro atoms. The highest BCUT2D eigenvalue weighted by atomic mass is 15.0. The Morgan fingerprint density at radius 3 is 2.57 bits per heavy atom. The van der Waals surface area contributed by atoms with E-state index in [0.717, 1.165) is 34.5 Å². The van der Waals surface area contributed by atoms with Crippen LogP contribution in [0.2, 0.25) is 0 Å². The van der Waals surface area contributed by atoms with Crippen molar-refractivity contribution in [3.05, 3.63) is 48.8 Å². The van der Waals surface area contributed by atoms with E-state index in [2.05, 4.69) is 35.2 Å². The zero-order valence-electron chi connectivity index (χ0n) is 12.2. The quantitative estimate of drug-likeness (QED) is 0.786. The molecule has 0 aliphatic rings. The molecule has 0 amide bonds. The summed E-state index contributed by atoms with van der Waals surface area (Å²) in [4.78, 5) is 13.4. The average Bonchev–Trinajstić information content (AvgIpc) is 2.55. The van der Waals surface area contributed by atoms with Gasteiger partial charge in [-0.3, -0.25) is 4.98 Å². The first kappa shape index (κ1) is 13.5. The highest BCUT2D eigenvalue weighted by molar-refractivity contribution is 5.90. The number of pyridine rings is 1. The summed E-state index contributed by atoms with van der Waals surface area (Å²) in [5, 5.41) is 4.53. The lowest BCUT2D eigenvalue weighted by Crippen LogP contribution is -2.15. The predicted molar refractivity (Wildman–Crippen MR) is 86.1 cm³/mol. The van der Waals surface area contributed by atoms with Crippen molar-refractivity contribution in [1.82, 2.24) is 15.0 Å². The summed E-state index contributed by atoms with van der Waals surface area (Å²) in [5.74, 6) is 1.61. The van der Waals surface area contributed by atoms with Gasteiger partial charge in [-0.2, -0.15) is 0 Å². The molecule has 1 N–H and O–H groups in total. The predicted octanol–water partition coefficient (Wildman–Crippen LogP) is 3.90. The molecular weight excluding hydrogens is 260 g/mol. The third-order valence-electron chi connectivity index (χ3n) is 3.54. The fourth-order valence-corrected chi connectivity index (χ4v) is 2.15. The van der Waals surface area contributed by atoms with Gasteiger partial charge in [0.1, 0.15) is 5.82 Å². The average molecular weight is 278 g/mol. The topological polar surface area (TPSA) is 50.7 Å². The summed E-state index contributed by atoms with van der Waals surface area (Å²) < 4.78 is 0. The van der Waals surface area contributed by atoms with E-state index >= 15 is 0 Å². The lowest BCUT2D eigenvalue weighted by Gasteiger charge is -2.15. The Morgan fingerprint density at radius 1 is 1.05 bits per heavy atom. The highest BCUT2D eigenvalue weighted by Crippen LogP contribution is 2.25. The first-order chi connectivity index (χ1) is 10.3. The van der Waals surface area contributed by atoms with Crippen LogP contribution in [-0.2, 0) is 0 Å². The summed E-state index contributed by atoms with van der Waals surface area (Å²) in [6.45, 7) is 4.31. The fourth-order valence-electron chi connectivity index (χ4n) is 2.15. The van der Waals surface area contributed by atoms with E-state index in [0.29, 0.717) is 6.04 Å². The number of hydrogen-bond acceptors (Lipinski definition) is 4. The molecular formula is C17H18N4. The van der Waals surface area contributed by atoms with E-state index in [4.69, 9.17) is 4.98 Å². The van der Waals surface area contributed by atoms with Crippen molar-refractivity contribution in [2.24, 2.45) is 0 Å². The molecule has 2 aromatic heterocycles. The van der Waals surface area contributed by atoms with Crippen molar-refractivity contribution in [3.8, 4) is 11.4 Å². The van der Waals surface area contributed by atoms with Crippen LogP contribution in [0.15, 0.2) is 48.8 Å². The molecule has 1 aromatic carbocycles. The molecule has 3 aromatic rings. The van der Waals surface area contributed by atoms with Crippen LogP contribution in [0, 0.1) is 0 Å². The number of nitrogens with zero attached hydrogens (tertiary/aromatic N) is 3. The number of rotatable bonds is 4. The molecule has 3 rings (SSSR count). The van der Waals surface area contributed by atoms with Gasteiger partial charge >= 0.3 is 0 Å². The minimum atomic E-state index is 0.369. The standard InChI is InChI=1S/C17H18N4/c1-3-12(2)19-17-14-6-4-5-7-15(14)20-16(21-17)13-8-10-18-11-9-13/h4-12H,3H2,1-2H3,(H,19,20,21). The van der Waals surface area contributed by atoms with Gasteiger partial charge in [0.25, 0.3) is 0 Å². The third kappa shape index (κ3) is 2.84. The largest absolute Gasteiger partial charge is 0.367 e. The zero-order chi connectivity index (χ0) is 14.7. The summed E-state index contributed by atoms with van der Waals surface area (Å²) >= 11 is 0. The van der Waals surface area contributed by atoms with Gasteiger partial charge in [-0.05, 0) is 37.6 Å². The Labute approximate surface area is 124 Å². The number of aromatic nitrogens is 3. The van der Waals surface area contributed by atoms with Crippen LogP contribution in [0.4, 0.5) is 5.82 Å². The molecule has 0 aliphatic carbocycles. The van der Waals surface area contributed by atoms with Gasteiger partial charge in [-0.15, -0.1) is 0 Å². The van der Waals surface area contributed by atoms with E-state index in [1.807, 2.05) is 30.3 Å². The van der Waals surface area contributed by atoms with E-state index in [-0.39, 0.29) is 0 Å². The number of nitrogens with one attached hydrogen (secondary N) is 1. The Kier molecular flexibility index (Phi) is 3.77. The van der Waals surface area contributed by atoms with Crippen LogP contribution >= 0.6 is 0 Å². The summed E-state index contributed by atoms with van der Waals surface area (Å²) in [7, 11) is 0.